The van der Waals surface area contributed by atoms with Crippen LogP contribution in [0.15, 0.2) is 41.6 Å². The molecule has 1 unspecified atom stereocenters. The first-order valence-corrected chi connectivity index (χ1v) is 8.28. The third-order valence-corrected chi connectivity index (χ3v) is 4.69. The van der Waals surface area contributed by atoms with Gasteiger partial charge in [0.15, 0.2) is 0 Å². The van der Waals surface area contributed by atoms with Gasteiger partial charge < -0.3 is 4.84 Å². The summed E-state index contributed by atoms with van der Waals surface area (Å²) in [5.41, 5.74) is -2.38. The van der Waals surface area contributed by atoms with Crippen LogP contribution in [0.4, 0.5) is 13.2 Å². The third kappa shape index (κ3) is 3.23. The summed E-state index contributed by atoms with van der Waals surface area (Å²) in [5, 5.41) is 12.7. The molecule has 0 amide bonds. The summed E-state index contributed by atoms with van der Waals surface area (Å²) in [6.07, 6.45) is -5.36. The predicted octanol–water partition coefficient (Wildman–Crippen LogP) is 6.10. The molecule has 3 rings (SSSR count). The number of alkyl halides is 3. The van der Waals surface area contributed by atoms with Gasteiger partial charge in [-0.05, 0) is 30.3 Å². The zero-order valence-electron chi connectivity index (χ0n) is 12.7. The number of nitrogens with zero attached hydrogens (tertiary/aromatic N) is 2. The van der Waals surface area contributed by atoms with Crippen molar-refractivity contribution in [3.8, 4) is 6.07 Å². The zero-order valence-corrected chi connectivity index (χ0v) is 15.0. The second-order valence-corrected chi connectivity index (χ2v) is 6.88. The topological polar surface area (TPSA) is 45.4 Å². The molecule has 0 N–H and O–H groups in total. The maximum absolute atomic E-state index is 13.9. The van der Waals surface area contributed by atoms with Crippen molar-refractivity contribution in [2.24, 2.45) is 5.16 Å². The van der Waals surface area contributed by atoms with E-state index in [1.165, 1.54) is 24.3 Å². The van der Waals surface area contributed by atoms with E-state index >= 15 is 0 Å². The molecule has 134 valence electrons. The lowest BCUT2D eigenvalue weighted by Crippen LogP contribution is -2.42. The summed E-state index contributed by atoms with van der Waals surface area (Å²) in [4.78, 5) is 4.90. The molecule has 0 saturated carbocycles. The molecule has 0 fully saturated rings. The average Bonchev–Trinajstić information content (AvgIpc) is 3.00. The van der Waals surface area contributed by atoms with Gasteiger partial charge >= 0.3 is 6.18 Å². The standard InChI is InChI=1S/C17H8Cl3F3N2O/c18-12-4-11(5-13(19)6-12)16(17(21,22)23)7-15(25-26-16)9-1-2-10(8-24)14(20)3-9/h1-6H,7H2. The summed E-state index contributed by atoms with van der Waals surface area (Å²) >= 11 is 17.7. The van der Waals surface area contributed by atoms with E-state index in [0.717, 1.165) is 12.1 Å². The van der Waals surface area contributed by atoms with Crippen LogP contribution in [0.3, 0.4) is 0 Å². The quantitative estimate of drug-likeness (QED) is 0.590. The minimum Gasteiger partial charge on any atom is -0.374 e. The molecule has 1 aliphatic rings. The molecule has 2 aromatic rings. The van der Waals surface area contributed by atoms with Crippen LogP contribution in [0, 0.1) is 11.3 Å². The second-order valence-electron chi connectivity index (χ2n) is 5.60. The molecular formula is C17H8Cl3F3N2O. The Bertz CT molecular complexity index is 933. The van der Waals surface area contributed by atoms with Crippen molar-refractivity contribution >= 4 is 40.5 Å². The zero-order chi connectivity index (χ0) is 19.1. The number of oxime groups is 1. The monoisotopic (exact) mass is 418 g/mol. The summed E-state index contributed by atoms with van der Waals surface area (Å²) in [6.45, 7) is 0. The van der Waals surface area contributed by atoms with E-state index in [1.807, 2.05) is 6.07 Å². The molecule has 2 aromatic carbocycles. The normalized spacial score (nSPS) is 19.7. The van der Waals surface area contributed by atoms with Crippen LogP contribution >= 0.6 is 34.8 Å². The molecule has 1 atom stereocenters. The third-order valence-electron chi connectivity index (χ3n) is 3.94. The van der Waals surface area contributed by atoms with Gasteiger partial charge in [0.1, 0.15) is 6.07 Å². The Kier molecular flexibility index (Phi) is 4.82. The predicted molar refractivity (Wildman–Crippen MR) is 92.6 cm³/mol. The number of hydrogen-bond donors (Lipinski definition) is 0. The summed E-state index contributed by atoms with van der Waals surface area (Å²) in [6, 6.07) is 9.74. The van der Waals surface area contributed by atoms with Crippen LogP contribution < -0.4 is 0 Å². The first kappa shape index (κ1) is 18.8. The Morgan fingerprint density at radius 3 is 2.27 bits per heavy atom. The van der Waals surface area contributed by atoms with Crippen molar-refractivity contribution in [1.82, 2.24) is 0 Å². The lowest BCUT2D eigenvalue weighted by molar-refractivity contribution is -0.275. The molecule has 0 radical (unpaired) electrons. The Labute approximate surface area is 161 Å². The van der Waals surface area contributed by atoms with Crippen molar-refractivity contribution in [2.45, 2.75) is 18.2 Å². The lowest BCUT2D eigenvalue weighted by Gasteiger charge is -2.29. The van der Waals surface area contributed by atoms with E-state index in [0.29, 0.717) is 5.56 Å². The fourth-order valence-corrected chi connectivity index (χ4v) is 3.38. The summed E-state index contributed by atoms with van der Waals surface area (Å²) < 4.78 is 41.7. The van der Waals surface area contributed by atoms with Crippen LogP contribution in [0.25, 0.3) is 0 Å². The van der Waals surface area contributed by atoms with Crippen molar-refractivity contribution in [3.05, 3.63) is 68.2 Å². The van der Waals surface area contributed by atoms with Crippen LogP contribution in [0.1, 0.15) is 23.1 Å². The fraction of sp³-hybridized carbons (Fsp3) is 0.176. The van der Waals surface area contributed by atoms with E-state index in [4.69, 9.17) is 44.9 Å². The minimum atomic E-state index is -4.78. The molecule has 26 heavy (non-hydrogen) atoms. The molecule has 1 heterocycles. The van der Waals surface area contributed by atoms with Gasteiger partial charge in [0, 0.05) is 27.6 Å². The van der Waals surface area contributed by atoms with Crippen molar-refractivity contribution in [2.75, 3.05) is 0 Å². The van der Waals surface area contributed by atoms with Gasteiger partial charge in [-0.3, -0.25) is 0 Å². The first-order valence-electron chi connectivity index (χ1n) is 7.14. The van der Waals surface area contributed by atoms with Crippen LogP contribution in [0.2, 0.25) is 15.1 Å². The lowest BCUT2D eigenvalue weighted by atomic mass is 9.86. The minimum absolute atomic E-state index is 0.0461. The highest BCUT2D eigenvalue weighted by Gasteiger charge is 2.62. The molecule has 1 aliphatic heterocycles. The maximum atomic E-state index is 13.9. The van der Waals surface area contributed by atoms with Crippen molar-refractivity contribution in [3.63, 3.8) is 0 Å². The summed E-state index contributed by atoms with van der Waals surface area (Å²) in [5.74, 6) is 0. The SMILES string of the molecule is N#Cc1ccc(C2=NOC(c3cc(Cl)cc(Cl)c3)(C(F)(F)F)C2)cc1Cl. The number of rotatable bonds is 2. The highest BCUT2D eigenvalue weighted by Crippen LogP contribution is 2.49. The molecule has 3 nitrogen and oxygen atoms in total. The van der Waals surface area contributed by atoms with Gasteiger partial charge in [-0.2, -0.15) is 18.4 Å². The molecule has 0 aromatic heterocycles. The van der Waals surface area contributed by atoms with Crippen LogP contribution in [0.5, 0.6) is 0 Å². The second kappa shape index (κ2) is 6.66. The highest BCUT2D eigenvalue weighted by molar-refractivity contribution is 6.34. The molecule has 9 heteroatoms. The van der Waals surface area contributed by atoms with Crippen molar-refractivity contribution in [1.29, 1.82) is 5.26 Å². The average molecular weight is 420 g/mol. The van der Waals surface area contributed by atoms with Gasteiger partial charge in [0.25, 0.3) is 5.60 Å². The van der Waals surface area contributed by atoms with Crippen LogP contribution in [-0.2, 0) is 10.4 Å². The Hall–Kier alpha value is -1.94. The van der Waals surface area contributed by atoms with E-state index in [9.17, 15) is 13.2 Å². The fourth-order valence-electron chi connectivity index (χ4n) is 2.63. The number of hydrogen-bond acceptors (Lipinski definition) is 3. The molecule has 0 aliphatic carbocycles. The summed E-state index contributed by atoms with van der Waals surface area (Å²) in [7, 11) is 0. The highest BCUT2D eigenvalue weighted by atomic mass is 35.5. The van der Waals surface area contributed by atoms with Gasteiger partial charge in [0.05, 0.1) is 16.3 Å². The van der Waals surface area contributed by atoms with Crippen LogP contribution in [-0.4, -0.2) is 11.9 Å². The molecule has 0 saturated heterocycles. The van der Waals surface area contributed by atoms with E-state index < -0.39 is 18.2 Å². The molecular weight excluding hydrogens is 412 g/mol. The Balaban J connectivity index is 2.04. The van der Waals surface area contributed by atoms with Gasteiger partial charge in [-0.15, -0.1) is 0 Å². The first-order chi connectivity index (χ1) is 12.2. The van der Waals surface area contributed by atoms with Crippen molar-refractivity contribution < 1.29 is 18.0 Å². The molecule has 0 spiro atoms. The van der Waals surface area contributed by atoms with Gasteiger partial charge in [-0.25, -0.2) is 0 Å². The Morgan fingerprint density at radius 2 is 1.73 bits per heavy atom. The number of halogens is 6. The largest absolute Gasteiger partial charge is 0.435 e. The smallest absolute Gasteiger partial charge is 0.374 e. The number of nitriles is 1. The Morgan fingerprint density at radius 1 is 1.08 bits per heavy atom. The van der Waals surface area contributed by atoms with E-state index in [-0.39, 0.29) is 31.9 Å². The van der Waals surface area contributed by atoms with E-state index in [2.05, 4.69) is 5.16 Å². The van der Waals surface area contributed by atoms with E-state index in [1.54, 1.807) is 0 Å². The van der Waals surface area contributed by atoms with Gasteiger partial charge in [-0.1, -0.05) is 46.0 Å². The number of benzene rings is 2. The maximum Gasteiger partial charge on any atom is 0.435 e. The molecule has 0 bridgehead atoms. The van der Waals surface area contributed by atoms with Gasteiger partial charge in [0.2, 0.25) is 0 Å².